The second-order valence-corrected chi connectivity index (χ2v) is 7.12. The van der Waals surface area contributed by atoms with E-state index >= 15 is 0 Å². The summed E-state index contributed by atoms with van der Waals surface area (Å²) < 4.78 is 1.91. The number of halogens is 1. The maximum Gasteiger partial charge on any atom is 0.272 e. The molecule has 25 heavy (non-hydrogen) atoms. The molecule has 3 heterocycles. The van der Waals surface area contributed by atoms with Crippen molar-refractivity contribution < 1.29 is 4.79 Å². The van der Waals surface area contributed by atoms with Gasteiger partial charge >= 0.3 is 0 Å². The van der Waals surface area contributed by atoms with E-state index in [1.807, 2.05) is 54.6 Å². The van der Waals surface area contributed by atoms with Crippen molar-refractivity contribution in [3.63, 3.8) is 0 Å². The molecule has 1 fully saturated rings. The van der Waals surface area contributed by atoms with Gasteiger partial charge in [0.25, 0.3) is 5.91 Å². The fourth-order valence-electron chi connectivity index (χ4n) is 4.08. The zero-order chi connectivity index (χ0) is 17.7. The van der Waals surface area contributed by atoms with Crippen molar-refractivity contribution in [2.45, 2.75) is 32.7 Å². The summed E-state index contributed by atoms with van der Waals surface area (Å²) in [7, 11) is 1.90. The molecule has 6 heteroatoms. The summed E-state index contributed by atoms with van der Waals surface area (Å²) in [5.74, 6) is -0.00815. The van der Waals surface area contributed by atoms with Crippen molar-refractivity contribution in [1.82, 2.24) is 19.7 Å². The second kappa shape index (κ2) is 5.92. The Balaban J connectivity index is 1.79. The molecular formula is C19H21ClN4O. The summed E-state index contributed by atoms with van der Waals surface area (Å²) in [6.45, 7) is 4.75. The minimum absolute atomic E-state index is 0.00815. The van der Waals surface area contributed by atoms with Crippen molar-refractivity contribution in [2.75, 3.05) is 6.54 Å². The average molecular weight is 357 g/mol. The first-order valence-electron chi connectivity index (χ1n) is 8.56. The van der Waals surface area contributed by atoms with E-state index in [4.69, 9.17) is 11.6 Å². The number of aryl methyl sites for hydroxylation is 3. The molecule has 1 aliphatic rings. The number of rotatable bonds is 2. The lowest BCUT2D eigenvalue weighted by atomic mass is 10.0. The van der Waals surface area contributed by atoms with E-state index in [1.165, 1.54) is 0 Å². The van der Waals surface area contributed by atoms with Crippen molar-refractivity contribution in [3.8, 4) is 0 Å². The third kappa shape index (κ3) is 2.37. The van der Waals surface area contributed by atoms with Gasteiger partial charge in [0.2, 0.25) is 0 Å². The van der Waals surface area contributed by atoms with Gasteiger partial charge in [0, 0.05) is 35.8 Å². The molecule has 1 saturated heterocycles. The number of benzene rings is 1. The minimum Gasteiger partial charge on any atom is -0.338 e. The maximum atomic E-state index is 13.4. The van der Waals surface area contributed by atoms with E-state index in [9.17, 15) is 4.79 Å². The summed E-state index contributed by atoms with van der Waals surface area (Å²) in [5.41, 5.74) is 4.67. The number of nitrogens with zero attached hydrogens (tertiary/aromatic N) is 3. The van der Waals surface area contributed by atoms with Gasteiger partial charge in [0.1, 0.15) is 5.69 Å². The van der Waals surface area contributed by atoms with Crippen molar-refractivity contribution >= 4 is 28.4 Å². The van der Waals surface area contributed by atoms with E-state index in [2.05, 4.69) is 10.2 Å². The predicted octanol–water partition coefficient (Wildman–Crippen LogP) is 4.15. The van der Waals surface area contributed by atoms with Crippen LogP contribution in [0.4, 0.5) is 0 Å². The molecule has 1 amide bonds. The van der Waals surface area contributed by atoms with Crippen LogP contribution in [-0.4, -0.2) is 32.1 Å². The van der Waals surface area contributed by atoms with E-state index in [0.717, 1.165) is 47.2 Å². The number of nitrogens with one attached hydrogen (secondary N) is 1. The van der Waals surface area contributed by atoms with Crippen LogP contribution < -0.4 is 0 Å². The number of H-pyrrole nitrogens is 1. The number of likely N-dealkylation sites (tertiary alicyclic amines) is 1. The van der Waals surface area contributed by atoms with Crippen molar-refractivity contribution in [2.24, 2.45) is 7.05 Å². The van der Waals surface area contributed by atoms with Gasteiger partial charge in [0.15, 0.2) is 0 Å². The van der Waals surface area contributed by atoms with E-state index in [-0.39, 0.29) is 11.9 Å². The molecule has 1 aliphatic heterocycles. The van der Waals surface area contributed by atoms with Crippen LogP contribution >= 0.6 is 11.6 Å². The zero-order valence-corrected chi connectivity index (χ0v) is 15.4. The Morgan fingerprint density at radius 3 is 2.76 bits per heavy atom. The lowest BCUT2D eigenvalue weighted by Gasteiger charge is -2.25. The topological polar surface area (TPSA) is 53.9 Å². The summed E-state index contributed by atoms with van der Waals surface area (Å²) in [6.07, 6.45) is 1.94. The quantitative estimate of drug-likeness (QED) is 0.750. The molecule has 4 rings (SSSR count). The summed E-state index contributed by atoms with van der Waals surface area (Å²) in [4.78, 5) is 15.3. The summed E-state index contributed by atoms with van der Waals surface area (Å²) in [5, 5.41) is 8.80. The van der Waals surface area contributed by atoms with Gasteiger partial charge in [0.05, 0.1) is 16.8 Å². The normalized spacial score (nSPS) is 17.6. The lowest BCUT2D eigenvalue weighted by Crippen LogP contribution is -2.32. The fourth-order valence-corrected chi connectivity index (χ4v) is 4.45. The van der Waals surface area contributed by atoms with Crippen LogP contribution in [0.1, 0.15) is 46.3 Å². The maximum absolute atomic E-state index is 13.4. The number of hydrogen-bond donors (Lipinski definition) is 1. The molecular weight excluding hydrogens is 336 g/mol. The van der Waals surface area contributed by atoms with E-state index < -0.39 is 0 Å². The predicted molar refractivity (Wildman–Crippen MR) is 99.0 cm³/mol. The molecule has 0 saturated carbocycles. The molecule has 0 spiro atoms. The molecule has 1 unspecified atom stereocenters. The minimum atomic E-state index is -0.00815. The molecule has 0 bridgehead atoms. The van der Waals surface area contributed by atoms with Gasteiger partial charge in [-0.15, -0.1) is 0 Å². The lowest BCUT2D eigenvalue weighted by molar-refractivity contribution is 0.0726. The van der Waals surface area contributed by atoms with Crippen LogP contribution in [0.3, 0.4) is 0 Å². The monoisotopic (exact) mass is 356 g/mol. The number of carbonyl (C=O) groups is 1. The molecule has 3 aromatic rings. The van der Waals surface area contributed by atoms with Crippen molar-refractivity contribution in [3.05, 3.63) is 51.9 Å². The van der Waals surface area contributed by atoms with Crippen LogP contribution in [0.15, 0.2) is 24.3 Å². The van der Waals surface area contributed by atoms with Crippen LogP contribution in [0.5, 0.6) is 0 Å². The Morgan fingerprint density at radius 2 is 2.08 bits per heavy atom. The van der Waals surface area contributed by atoms with Crippen LogP contribution in [-0.2, 0) is 7.05 Å². The number of hydrogen-bond acceptors (Lipinski definition) is 2. The molecule has 1 N–H and O–H groups in total. The summed E-state index contributed by atoms with van der Waals surface area (Å²) in [6, 6.07) is 7.91. The Kier molecular flexibility index (Phi) is 3.84. The highest BCUT2D eigenvalue weighted by Crippen LogP contribution is 2.38. The average Bonchev–Trinajstić information content (AvgIpc) is 3.26. The molecule has 0 aliphatic carbocycles. The third-order valence-electron chi connectivity index (χ3n) is 5.28. The van der Waals surface area contributed by atoms with Crippen molar-refractivity contribution in [1.29, 1.82) is 0 Å². The van der Waals surface area contributed by atoms with Gasteiger partial charge in [-0.2, -0.15) is 5.10 Å². The highest BCUT2D eigenvalue weighted by atomic mass is 35.5. The summed E-state index contributed by atoms with van der Waals surface area (Å²) >= 11 is 6.58. The van der Waals surface area contributed by atoms with Gasteiger partial charge in [-0.05, 0) is 32.8 Å². The second-order valence-electron chi connectivity index (χ2n) is 6.74. The van der Waals surface area contributed by atoms with Gasteiger partial charge in [-0.25, -0.2) is 0 Å². The number of aromatic amines is 1. The van der Waals surface area contributed by atoms with Crippen LogP contribution in [0.25, 0.3) is 10.9 Å². The number of aromatic nitrogens is 3. The van der Waals surface area contributed by atoms with Gasteiger partial charge < -0.3 is 9.47 Å². The first-order chi connectivity index (χ1) is 12.0. The first-order valence-corrected chi connectivity index (χ1v) is 8.94. The molecule has 130 valence electrons. The highest BCUT2D eigenvalue weighted by molar-refractivity contribution is 6.38. The largest absolute Gasteiger partial charge is 0.338 e. The third-order valence-corrected chi connectivity index (χ3v) is 5.66. The SMILES string of the molecule is Cc1n[nH]c(C)c1C1CCCN1C(=O)c1c(Cl)c2ccccc2n1C. The number of para-hydroxylation sites is 1. The Bertz CT molecular complexity index is 913. The van der Waals surface area contributed by atoms with E-state index in [1.54, 1.807) is 0 Å². The Morgan fingerprint density at radius 1 is 1.32 bits per heavy atom. The highest BCUT2D eigenvalue weighted by Gasteiger charge is 2.35. The fraction of sp³-hybridized carbons (Fsp3) is 0.368. The number of fused-ring (bicyclic) bond motifs is 1. The number of carbonyl (C=O) groups excluding carboxylic acids is 1. The smallest absolute Gasteiger partial charge is 0.272 e. The molecule has 2 aromatic heterocycles. The van der Waals surface area contributed by atoms with Gasteiger partial charge in [-0.3, -0.25) is 9.89 Å². The molecule has 1 aromatic carbocycles. The molecule has 0 radical (unpaired) electrons. The standard InChI is InChI=1S/C19H21ClN4O/c1-11-16(12(2)22-21-11)15-9-6-10-24(15)19(25)18-17(20)13-7-4-5-8-14(13)23(18)3/h4-5,7-8,15H,6,9-10H2,1-3H3,(H,21,22). The first kappa shape index (κ1) is 16.2. The van der Waals surface area contributed by atoms with Gasteiger partial charge in [-0.1, -0.05) is 29.8 Å². The zero-order valence-electron chi connectivity index (χ0n) is 14.6. The van der Waals surface area contributed by atoms with Crippen LogP contribution in [0.2, 0.25) is 5.02 Å². The van der Waals surface area contributed by atoms with Crippen LogP contribution in [0, 0.1) is 13.8 Å². The Hall–Kier alpha value is -2.27. The molecule has 5 nitrogen and oxygen atoms in total. The number of amides is 1. The Labute approximate surface area is 151 Å². The van der Waals surface area contributed by atoms with E-state index in [0.29, 0.717) is 10.7 Å². The molecule has 1 atom stereocenters.